The maximum absolute atomic E-state index is 12.2. The summed E-state index contributed by atoms with van der Waals surface area (Å²) in [5.41, 5.74) is 0.474. The van der Waals surface area contributed by atoms with Crippen LogP contribution in [0.1, 0.15) is 27.6 Å². The molecule has 4 amide bonds. The van der Waals surface area contributed by atoms with Crippen LogP contribution in [0.5, 0.6) is 0 Å². The van der Waals surface area contributed by atoms with Crippen LogP contribution in [0.15, 0.2) is 24.3 Å². The number of fused-ring (bicyclic) bond motifs is 1. The number of carbonyl (C=O) groups is 5. The highest BCUT2D eigenvalue weighted by atomic mass is 16.6. The van der Waals surface area contributed by atoms with Gasteiger partial charge in [0.2, 0.25) is 0 Å². The lowest BCUT2D eigenvalue weighted by Gasteiger charge is -2.33. The molecule has 1 aromatic carbocycles. The van der Waals surface area contributed by atoms with Crippen LogP contribution in [0, 0.1) is 0 Å². The fourth-order valence-electron chi connectivity index (χ4n) is 3.14. The van der Waals surface area contributed by atoms with Gasteiger partial charge < -0.3 is 19.3 Å². The molecular formula is C19H21N3O7. The minimum absolute atomic E-state index is 0.237. The first-order valence-electron chi connectivity index (χ1n) is 9.22. The Labute approximate surface area is 166 Å². The van der Waals surface area contributed by atoms with Crippen molar-refractivity contribution >= 4 is 29.8 Å². The number of benzene rings is 1. The number of esters is 1. The van der Waals surface area contributed by atoms with Crippen LogP contribution in [0.25, 0.3) is 0 Å². The maximum Gasteiger partial charge on any atom is 0.409 e. The maximum atomic E-state index is 12.2. The first kappa shape index (κ1) is 20.3. The smallest absolute Gasteiger partial charge is 0.409 e. The highest BCUT2D eigenvalue weighted by molar-refractivity contribution is 6.22. The van der Waals surface area contributed by atoms with Crippen molar-refractivity contribution in [3.63, 3.8) is 0 Å². The van der Waals surface area contributed by atoms with Gasteiger partial charge in [-0.1, -0.05) is 12.1 Å². The number of piperazine rings is 1. The standard InChI is InChI=1S/C19H21N3O7/c1-2-28-19(27)21-9-7-20(8-10-21)15(23)12-29-16(24)11-22-17(25)13-5-3-4-6-14(13)18(22)26/h3-6H,2,7-12H2,1H3. The fraction of sp³-hybridized carbons (Fsp3) is 0.421. The first-order chi connectivity index (χ1) is 13.9. The molecule has 1 aromatic rings. The Hall–Kier alpha value is -3.43. The Kier molecular flexibility index (Phi) is 6.10. The summed E-state index contributed by atoms with van der Waals surface area (Å²) in [5.74, 6) is -2.39. The van der Waals surface area contributed by atoms with Gasteiger partial charge in [-0.3, -0.25) is 24.1 Å². The third-order valence-corrected chi connectivity index (χ3v) is 4.68. The molecule has 10 nitrogen and oxygen atoms in total. The van der Waals surface area contributed by atoms with Crippen molar-refractivity contribution in [3.05, 3.63) is 35.4 Å². The van der Waals surface area contributed by atoms with Crippen molar-refractivity contribution in [2.24, 2.45) is 0 Å². The predicted octanol–water partition coefficient (Wildman–Crippen LogP) is 0.127. The van der Waals surface area contributed by atoms with Crippen LogP contribution in [0.3, 0.4) is 0 Å². The number of amides is 4. The van der Waals surface area contributed by atoms with Gasteiger partial charge in [0.15, 0.2) is 6.61 Å². The Morgan fingerprint density at radius 3 is 2.00 bits per heavy atom. The molecule has 0 radical (unpaired) electrons. The Balaban J connectivity index is 1.45. The normalized spacial score (nSPS) is 16.0. The van der Waals surface area contributed by atoms with Crippen molar-refractivity contribution in [2.45, 2.75) is 6.92 Å². The number of hydrogen-bond donors (Lipinski definition) is 0. The van der Waals surface area contributed by atoms with Crippen molar-refractivity contribution in [3.8, 4) is 0 Å². The zero-order chi connectivity index (χ0) is 21.0. The fourth-order valence-corrected chi connectivity index (χ4v) is 3.14. The zero-order valence-electron chi connectivity index (χ0n) is 16.0. The molecule has 0 unspecified atom stereocenters. The van der Waals surface area contributed by atoms with Crippen LogP contribution in [0.2, 0.25) is 0 Å². The minimum Gasteiger partial charge on any atom is -0.454 e. The molecule has 2 heterocycles. The lowest BCUT2D eigenvalue weighted by atomic mass is 10.1. The van der Waals surface area contributed by atoms with Gasteiger partial charge in [-0.2, -0.15) is 0 Å². The number of ether oxygens (including phenoxy) is 2. The van der Waals surface area contributed by atoms with E-state index in [0.29, 0.717) is 26.2 Å². The number of nitrogens with zero attached hydrogens (tertiary/aromatic N) is 3. The third-order valence-electron chi connectivity index (χ3n) is 4.68. The molecule has 0 spiro atoms. The minimum atomic E-state index is -0.849. The Morgan fingerprint density at radius 2 is 1.45 bits per heavy atom. The molecule has 2 aliphatic heterocycles. The molecule has 0 saturated carbocycles. The van der Waals surface area contributed by atoms with Crippen LogP contribution in [0.4, 0.5) is 4.79 Å². The van der Waals surface area contributed by atoms with E-state index in [9.17, 15) is 24.0 Å². The average molecular weight is 403 g/mol. The summed E-state index contributed by atoms with van der Waals surface area (Å²) in [6.45, 7) is 2.19. The molecule has 1 fully saturated rings. The average Bonchev–Trinajstić information content (AvgIpc) is 2.97. The molecule has 10 heteroatoms. The topological polar surface area (TPSA) is 114 Å². The molecule has 0 bridgehead atoms. The van der Waals surface area contributed by atoms with Gasteiger partial charge >= 0.3 is 12.1 Å². The number of carbonyl (C=O) groups excluding carboxylic acids is 5. The molecule has 1 saturated heterocycles. The molecule has 29 heavy (non-hydrogen) atoms. The predicted molar refractivity (Wildman–Crippen MR) is 97.9 cm³/mol. The van der Waals surface area contributed by atoms with Gasteiger partial charge in [0.1, 0.15) is 6.54 Å². The second-order valence-corrected chi connectivity index (χ2v) is 6.47. The molecule has 2 aliphatic rings. The lowest BCUT2D eigenvalue weighted by Crippen LogP contribution is -2.51. The molecule has 0 N–H and O–H groups in total. The molecule has 3 rings (SSSR count). The largest absolute Gasteiger partial charge is 0.454 e. The zero-order valence-corrected chi connectivity index (χ0v) is 16.0. The quantitative estimate of drug-likeness (QED) is 0.507. The summed E-state index contributed by atoms with van der Waals surface area (Å²) < 4.78 is 9.86. The lowest BCUT2D eigenvalue weighted by molar-refractivity contribution is -0.152. The summed E-state index contributed by atoms with van der Waals surface area (Å²) in [5, 5.41) is 0. The van der Waals surface area contributed by atoms with Gasteiger partial charge in [0.25, 0.3) is 17.7 Å². The van der Waals surface area contributed by atoms with E-state index in [2.05, 4.69) is 0 Å². The van der Waals surface area contributed by atoms with Crippen LogP contribution >= 0.6 is 0 Å². The molecule has 0 aliphatic carbocycles. The summed E-state index contributed by atoms with van der Waals surface area (Å²) in [6.07, 6.45) is -0.424. The van der Waals surface area contributed by atoms with E-state index in [4.69, 9.17) is 9.47 Å². The number of imide groups is 1. The number of rotatable bonds is 5. The molecule has 0 aromatic heterocycles. The van der Waals surface area contributed by atoms with Gasteiger partial charge in [0.05, 0.1) is 17.7 Å². The summed E-state index contributed by atoms with van der Waals surface area (Å²) in [6, 6.07) is 6.29. The highest BCUT2D eigenvalue weighted by Gasteiger charge is 2.36. The van der Waals surface area contributed by atoms with E-state index in [0.717, 1.165) is 4.90 Å². The third kappa shape index (κ3) is 4.36. The van der Waals surface area contributed by atoms with Crippen molar-refractivity contribution < 1.29 is 33.4 Å². The van der Waals surface area contributed by atoms with Crippen LogP contribution in [-0.2, 0) is 19.1 Å². The van der Waals surface area contributed by atoms with E-state index in [-0.39, 0.29) is 17.7 Å². The molecule has 0 atom stereocenters. The Morgan fingerprint density at radius 1 is 0.897 bits per heavy atom. The SMILES string of the molecule is CCOC(=O)N1CCN(C(=O)COC(=O)CN2C(=O)c3ccccc3C2=O)CC1. The van der Waals surface area contributed by atoms with Gasteiger partial charge in [-0.15, -0.1) is 0 Å². The van der Waals surface area contributed by atoms with E-state index in [1.54, 1.807) is 19.1 Å². The highest BCUT2D eigenvalue weighted by Crippen LogP contribution is 2.22. The van der Waals surface area contributed by atoms with Crippen LogP contribution < -0.4 is 0 Å². The van der Waals surface area contributed by atoms with Crippen molar-refractivity contribution in [1.82, 2.24) is 14.7 Å². The van der Waals surface area contributed by atoms with E-state index < -0.39 is 42.9 Å². The number of hydrogen-bond acceptors (Lipinski definition) is 7. The van der Waals surface area contributed by atoms with Crippen molar-refractivity contribution in [2.75, 3.05) is 45.9 Å². The van der Waals surface area contributed by atoms with E-state index >= 15 is 0 Å². The van der Waals surface area contributed by atoms with Crippen LogP contribution in [-0.4, -0.2) is 90.4 Å². The van der Waals surface area contributed by atoms with Gasteiger partial charge in [-0.05, 0) is 19.1 Å². The van der Waals surface area contributed by atoms with E-state index in [1.807, 2.05) is 0 Å². The van der Waals surface area contributed by atoms with Gasteiger partial charge in [-0.25, -0.2) is 4.79 Å². The van der Waals surface area contributed by atoms with Gasteiger partial charge in [0, 0.05) is 26.2 Å². The second kappa shape index (κ2) is 8.72. The summed E-state index contributed by atoms with van der Waals surface area (Å²) in [4.78, 5) is 64.2. The summed E-state index contributed by atoms with van der Waals surface area (Å²) in [7, 11) is 0. The molecule has 154 valence electrons. The van der Waals surface area contributed by atoms with E-state index in [1.165, 1.54) is 21.9 Å². The Bertz CT molecular complexity index is 811. The second-order valence-electron chi connectivity index (χ2n) is 6.47. The molecular weight excluding hydrogens is 382 g/mol. The van der Waals surface area contributed by atoms with Crippen molar-refractivity contribution in [1.29, 1.82) is 0 Å². The summed E-state index contributed by atoms with van der Waals surface area (Å²) >= 11 is 0. The monoisotopic (exact) mass is 403 g/mol. The first-order valence-corrected chi connectivity index (χ1v) is 9.22.